The highest BCUT2D eigenvalue weighted by Gasteiger charge is 2.53. The van der Waals surface area contributed by atoms with Gasteiger partial charge >= 0.3 is 0 Å². The van der Waals surface area contributed by atoms with E-state index < -0.39 is 111 Å². The van der Waals surface area contributed by atoms with Crippen LogP contribution in [0.1, 0.15) is 13.8 Å². The molecule has 0 aliphatic carbocycles. The first kappa shape index (κ1) is 29.5. The SMILES string of the molecule is CC(=O)N[C@H]1[C@@H](O[C@H]2[C@@H](O)[C@@H](CO)O[C@@H](O)[C@@H]2O[C@H]2O[C@H](C)[C@H](O)[C@H](O)[C@H]2O)O[C@H](CO)[C@H](O)[C@@H]1O. The molecule has 0 bridgehead atoms. The maximum absolute atomic E-state index is 11.7. The molecule has 0 spiro atoms. The minimum absolute atomic E-state index is 0.639. The zero-order chi connectivity index (χ0) is 26.9. The van der Waals surface area contributed by atoms with Crippen molar-refractivity contribution in [3.05, 3.63) is 0 Å². The standard InChI is InChI=1S/C20H35NO15/c1-5-10(25)14(29)15(30)20(32-5)36-17-16(12(27)8(4-23)33-18(17)31)35-19-9(21-6(2)24)13(28)11(26)7(3-22)34-19/h5,7-20,22-23,25-31H,3-4H2,1-2H3,(H,21,24)/t5-,7-,8-,9-,10+,11+,12+,13-,14+,15-,16+,17-,18-,19-,20-/m1/s1. The lowest BCUT2D eigenvalue weighted by Crippen LogP contribution is -2.68. The Morgan fingerprint density at radius 1 is 0.722 bits per heavy atom. The van der Waals surface area contributed by atoms with Gasteiger partial charge in [-0.2, -0.15) is 0 Å². The normalized spacial score (nSPS) is 50.0. The second kappa shape index (κ2) is 12.2. The van der Waals surface area contributed by atoms with Crippen molar-refractivity contribution in [1.29, 1.82) is 0 Å². The van der Waals surface area contributed by atoms with Gasteiger partial charge in [-0.25, -0.2) is 0 Å². The van der Waals surface area contributed by atoms with Crippen LogP contribution >= 0.6 is 0 Å². The van der Waals surface area contributed by atoms with Crippen LogP contribution in [-0.4, -0.2) is 157 Å². The van der Waals surface area contributed by atoms with Gasteiger partial charge in [-0.05, 0) is 6.92 Å². The summed E-state index contributed by atoms with van der Waals surface area (Å²) in [5.74, 6) is -0.639. The molecule has 15 atom stereocenters. The van der Waals surface area contributed by atoms with Gasteiger partial charge in [-0.15, -0.1) is 0 Å². The number of rotatable bonds is 7. The molecule has 1 amide bonds. The van der Waals surface area contributed by atoms with E-state index in [9.17, 15) is 50.8 Å². The Bertz CT molecular complexity index is 731. The maximum atomic E-state index is 11.7. The lowest BCUT2D eigenvalue weighted by Gasteiger charge is -2.48. The minimum atomic E-state index is -1.89. The Balaban J connectivity index is 1.88. The van der Waals surface area contributed by atoms with Crippen LogP contribution in [0.25, 0.3) is 0 Å². The van der Waals surface area contributed by atoms with Crippen LogP contribution in [0.4, 0.5) is 0 Å². The molecule has 3 aliphatic heterocycles. The molecule has 0 aromatic carbocycles. The quantitative estimate of drug-likeness (QED) is 0.147. The second-order valence-electron chi connectivity index (χ2n) is 9.05. The van der Waals surface area contributed by atoms with Gasteiger partial charge in [0.05, 0.1) is 19.3 Å². The molecule has 0 unspecified atom stereocenters. The van der Waals surface area contributed by atoms with Gasteiger partial charge in [0.1, 0.15) is 67.1 Å². The lowest BCUT2D eigenvalue weighted by molar-refractivity contribution is -0.380. The number of amides is 1. The number of hydrogen-bond acceptors (Lipinski definition) is 15. The summed E-state index contributed by atoms with van der Waals surface area (Å²) >= 11 is 0. The molecule has 3 aliphatic rings. The summed E-state index contributed by atoms with van der Waals surface area (Å²) in [6.07, 6.45) is -22.1. The van der Waals surface area contributed by atoms with Gasteiger partial charge < -0.3 is 75.0 Å². The first-order chi connectivity index (χ1) is 16.9. The molecule has 3 saturated heterocycles. The van der Waals surface area contributed by atoms with Crippen molar-refractivity contribution < 1.29 is 74.4 Å². The second-order valence-corrected chi connectivity index (χ2v) is 9.05. The van der Waals surface area contributed by atoms with Crippen molar-refractivity contribution in [2.75, 3.05) is 13.2 Å². The third-order valence-electron chi connectivity index (χ3n) is 6.46. The van der Waals surface area contributed by atoms with Crippen molar-refractivity contribution in [3.8, 4) is 0 Å². The van der Waals surface area contributed by atoms with Gasteiger partial charge in [0.15, 0.2) is 18.9 Å². The highest BCUT2D eigenvalue weighted by Crippen LogP contribution is 2.32. The molecule has 0 aromatic rings. The van der Waals surface area contributed by atoms with E-state index in [0.29, 0.717) is 0 Å². The van der Waals surface area contributed by atoms with Crippen LogP contribution in [0, 0.1) is 0 Å². The fourth-order valence-electron chi connectivity index (χ4n) is 4.38. The smallest absolute Gasteiger partial charge is 0.217 e. The number of carbonyl (C=O) groups is 1. The van der Waals surface area contributed by atoms with Gasteiger partial charge in [-0.1, -0.05) is 0 Å². The summed E-state index contributed by atoms with van der Waals surface area (Å²) in [5.41, 5.74) is 0. The molecule has 0 radical (unpaired) electrons. The van der Waals surface area contributed by atoms with E-state index in [-0.39, 0.29) is 0 Å². The number of ether oxygens (including phenoxy) is 5. The summed E-state index contributed by atoms with van der Waals surface area (Å²) in [4.78, 5) is 11.7. The van der Waals surface area contributed by atoms with E-state index in [1.54, 1.807) is 0 Å². The zero-order valence-electron chi connectivity index (χ0n) is 19.5. The monoisotopic (exact) mass is 529 g/mol. The van der Waals surface area contributed by atoms with Crippen molar-refractivity contribution in [3.63, 3.8) is 0 Å². The van der Waals surface area contributed by atoms with E-state index in [1.807, 2.05) is 0 Å². The Morgan fingerprint density at radius 3 is 1.89 bits per heavy atom. The Kier molecular flexibility index (Phi) is 9.97. The van der Waals surface area contributed by atoms with Crippen molar-refractivity contribution in [2.45, 2.75) is 106 Å². The van der Waals surface area contributed by atoms with Crippen LogP contribution in [-0.2, 0) is 28.5 Å². The number of aliphatic hydroxyl groups is 9. The van der Waals surface area contributed by atoms with Crippen LogP contribution in [0.2, 0.25) is 0 Å². The van der Waals surface area contributed by atoms with Crippen LogP contribution in [0.3, 0.4) is 0 Å². The first-order valence-electron chi connectivity index (χ1n) is 11.4. The number of carbonyl (C=O) groups excluding carboxylic acids is 1. The average molecular weight is 529 g/mol. The Morgan fingerprint density at radius 2 is 1.31 bits per heavy atom. The summed E-state index contributed by atoms with van der Waals surface area (Å²) in [5, 5.41) is 93.7. The molecule has 0 aromatic heterocycles. The van der Waals surface area contributed by atoms with Crippen LogP contribution in [0.15, 0.2) is 0 Å². The minimum Gasteiger partial charge on any atom is -0.394 e. The molecule has 0 saturated carbocycles. The van der Waals surface area contributed by atoms with Crippen LogP contribution < -0.4 is 5.32 Å². The topological polar surface area (TPSA) is 257 Å². The third kappa shape index (κ3) is 5.97. The molecule has 210 valence electrons. The fourth-order valence-corrected chi connectivity index (χ4v) is 4.38. The number of nitrogens with one attached hydrogen (secondary N) is 1. The van der Waals surface area contributed by atoms with Gasteiger partial charge in [0, 0.05) is 6.92 Å². The molecular formula is C20H35NO15. The summed E-state index contributed by atoms with van der Waals surface area (Å²) in [6, 6.07) is -1.41. The van der Waals surface area contributed by atoms with Gasteiger partial charge in [-0.3, -0.25) is 4.79 Å². The molecule has 16 nitrogen and oxygen atoms in total. The largest absolute Gasteiger partial charge is 0.394 e. The number of hydrogen-bond donors (Lipinski definition) is 10. The molecule has 3 rings (SSSR count). The predicted molar refractivity (Wildman–Crippen MR) is 111 cm³/mol. The summed E-state index contributed by atoms with van der Waals surface area (Å²) in [6.45, 7) is 1.00. The van der Waals surface area contributed by atoms with Crippen molar-refractivity contribution in [2.24, 2.45) is 0 Å². The molecule has 16 heteroatoms. The van der Waals surface area contributed by atoms with E-state index in [2.05, 4.69) is 5.32 Å². The van der Waals surface area contributed by atoms with E-state index in [0.717, 1.165) is 6.92 Å². The predicted octanol–water partition coefficient (Wildman–Crippen LogP) is -6.40. The molecular weight excluding hydrogens is 494 g/mol. The van der Waals surface area contributed by atoms with Gasteiger partial charge in [0.25, 0.3) is 0 Å². The van der Waals surface area contributed by atoms with Crippen molar-refractivity contribution >= 4 is 5.91 Å². The van der Waals surface area contributed by atoms with Gasteiger partial charge in [0.2, 0.25) is 5.91 Å². The molecule has 10 N–H and O–H groups in total. The molecule has 3 fully saturated rings. The maximum Gasteiger partial charge on any atom is 0.217 e. The zero-order valence-corrected chi connectivity index (χ0v) is 19.5. The summed E-state index contributed by atoms with van der Waals surface area (Å²) < 4.78 is 27.4. The summed E-state index contributed by atoms with van der Waals surface area (Å²) in [7, 11) is 0. The Hall–Kier alpha value is -1.09. The highest BCUT2D eigenvalue weighted by atomic mass is 16.8. The lowest BCUT2D eigenvalue weighted by atomic mass is 9.95. The van der Waals surface area contributed by atoms with Crippen molar-refractivity contribution in [1.82, 2.24) is 5.32 Å². The molecule has 3 heterocycles. The first-order valence-corrected chi connectivity index (χ1v) is 11.4. The average Bonchev–Trinajstić information content (AvgIpc) is 2.84. The fraction of sp³-hybridized carbons (Fsp3) is 0.950. The van der Waals surface area contributed by atoms with E-state index >= 15 is 0 Å². The van der Waals surface area contributed by atoms with Crippen LogP contribution in [0.5, 0.6) is 0 Å². The van der Waals surface area contributed by atoms with E-state index in [1.165, 1.54) is 6.92 Å². The highest BCUT2D eigenvalue weighted by molar-refractivity contribution is 5.73. The Labute approximate surface area is 205 Å². The van der Waals surface area contributed by atoms with E-state index in [4.69, 9.17) is 23.7 Å². The number of aliphatic hydroxyl groups excluding tert-OH is 9. The molecule has 36 heavy (non-hydrogen) atoms. The third-order valence-corrected chi connectivity index (χ3v) is 6.46.